The fourth-order valence-electron chi connectivity index (χ4n) is 6.26. The molecule has 3 rings (SSSR count). The number of amides is 4. The van der Waals surface area contributed by atoms with Gasteiger partial charge in [-0.15, -0.1) is 0 Å². The van der Waals surface area contributed by atoms with Crippen molar-refractivity contribution in [3.8, 4) is 5.75 Å². The first-order valence-electron chi connectivity index (χ1n) is 19.1. The van der Waals surface area contributed by atoms with E-state index < -0.39 is 54.1 Å². The molecule has 0 saturated carbocycles. The maximum absolute atomic E-state index is 14.1. The van der Waals surface area contributed by atoms with Crippen LogP contribution in [-0.2, 0) is 32.1 Å². The number of nitrogens with one attached hydrogen (secondary N) is 4. The van der Waals surface area contributed by atoms with Crippen molar-refractivity contribution in [3.05, 3.63) is 77.9 Å². The van der Waals surface area contributed by atoms with Gasteiger partial charge in [0.1, 0.15) is 24.4 Å². The maximum atomic E-state index is 14.1. The van der Waals surface area contributed by atoms with Crippen LogP contribution in [0.25, 0.3) is 10.8 Å². The van der Waals surface area contributed by atoms with E-state index in [4.69, 9.17) is 9.47 Å². The van der Waals surface area contributed by atoms with Crippen molar-refractivity contribution in [1.29, 1.82) is 0 Å². The Kier molecular flexibility index (Phi) is 18.2. The summed E-state index contributed by atoms with van der Waals surface area (Å²) in [5.41, 5.74) is 1.56. The summed E-state index contributed by atoms with van der Waals surface area (Å²) in [7, 11) is 1.56. The van der Waals surface area contributed by atoms with Gasteiger partial charge in [0, 0.05) is 6.42 Å². The van der Waals surface area contributed by atoms with Gasteiger partial charge < -0.3 is 41.0 Å². The van der Waals surface area contributed by atoms with E-state index in [0.29, 0.717) is 25.0 Å². The minimum Gasteiger partial charge on any atom is -0.497 e. The second-order valence-corrected chi connectivity index (χ2v) is 14.4. The van der Waals surface area contributed by atoms with Gasteiger partial charge in [-0.25, -0.2) is 4.79 Å². The maximum Gasteiger partial charge on any atom is 0.408 e. The molecule has 0 aliphatic carbocycles. The van der Waals surface area contributed by atoms with Gasteiger partial charge in [0.2, 0.25) is 17.7 Å². The topological polar surface area (TPSA) is 175 Å². The van der Waals surface area contributed by atoms with Gasteiger partial charge in [0.15, 0.2) is 0 Å². The average Bonchev–Trinajstić information content (AvgIpc) is 3.16. The quantitative estimate of drug-likeness (QED) is 0.0817. The molecule has 0 aromatic heterocycles. The zero-order valence-electron chi connectivity index (χ0n) is 32.6. The molecule has 3 aromatic rings. The van der Waals surface area contributed by atoms with Gasteiger partial charge in [0.25, 0.3) is 0 Å². The van der Waals surface area contributed by atoms with Crippen LogP contribution < -0.4 is 26.0 Å². The molecular weight excluding hydrogens is 688 g/mol. The molecule has 0 aliphatic rings. The smallest absolute Gasteiger partial charge is 0.408 e. The molecule has 0 saturated heterocycles. The first-order chi connectivity index (χ1) is 25.9. The lowest BCUT2D eigenvalue weighted by molar-refractivity contribution is -0.131. The Hall–Kier alpha value is -4.68. The molecule has 0 fully saturated rings. The predicted molar refractivity (Wildman–Crippen MR) is 210 cm³/mol. The Bertz CT molecular complexity index is 1630. The second-order valence-electron chi connectivity index (χ2n) is 14.4. The standard InChI is InChI=1S/C42H60N4O8/c1-7-9-17-34(40(50)45-35(22-27(3)4)38(48)24-39(49)43-37(25-47)28(5)8-2)44-41(51)36(23-31-15-12-14-30-13-10-11-16-33(30)31)46-42(52)54-26-29-18-20-32(53-6)21-19-29/h10-16,18-21,27-28,34-38,47-48H,7-9,17,22-26H2,1-6H3,(H,43,49)(H,44,51)(H,45,50)(H,46,52)/t28-,34-,35-,36-,37+,38-/m0/s1. The zero-order valence-corrected chi connectivity index (χ0v) is 32.6. The van der Waals surface area contributed by atoms with Crippen LogP contribution in [0.5, 0.6) is 5.75 Å². The highest BCUT2D eigenvalue weighted by Gasteiger charge is 2.32. The lowest BCUT2D eigenvalue weighted by atomic mass is 9.95. The van der Waals surface area contributed by atoms with Crippen LogP contribution in [0.15, 0.2) is 66.7 Å². The summed E-state index contributed by atoms with van der Waals surface area (Å²) in [5.74, 6) is -0.719. The summed E-state index contributed by atoms with van der Waals surface area (Å²) < 4.78 is 10.7. The van der Waals surface area contributed by atoms with Crippen molar-refractivity contribution < 1.29 is 38.9 Å². The molecular formula is C42H60N4O8. The average molecular weight is 749 g/mol. The third-order valence-electron chi connectivity index (χ3n) is 9.71. The van der Waals surface area contributed by atoms with E-state index in [2.05, 4.69) is 21.3 Å². The Morgan fingerprint density at radius 2 is 1.48 bits per heavy atom. The van der Waals surface area contributed by atoms with E-state index >= 15 is 0 Å². The first-order valence-corrected chi connectivity index (χ1v) is 19.1. The number of methoxy groups -OCH3 is 1. The lowest BCUT2D eigenvalue weighted by Crippen LogP contribution is -2.57. The summed E-state index contributed by atoms with van der Waals surface area (Å²) in [5, 5.41) is 34.2. The molecule has 0 aliphatic heterocycles. The molecule has 12 nitrogen and oxygen atoms in total. The van der Waals surface area contributed by atoms with E-state index in [1.54, 1.807) is 31.4 Å². The van der Waals surface area contributed by atoms with Gasteiger partial charge in [-0.1, -0.05) is 108 Å². The first kappa shape index (κ1) is 43.7. The second kappa shape index (κ2) is 22.5. The number of alkyl carbamates (subject to hydrolysis) is 1. The number of carbonyl (C=O) groups excluding carboxylic acids is 4. The number of aliphatic hydroxyl groups is 2. The number of aliphatic hydroxyl groups excluding tert-OH is 2. The molecule has 54 heavy (non-hydrogen) atoms. The lowest BCUT2D eigenvalue weighted by Gasteiger charge is -2.29. The summed E-state index contributed by atoms with van der Waals surface area (Å²) in [6.45, 7) is 9.51. The third-order valence-corrected chi connectivity index (χ3v) is 9.71. The molecule has 4 amide bonds. The molecule has 6 atom stereocenters. The van der Waals surface area contributed by atoms with E-state index in [9.17, 15) is 29.4 Å². The number of unbranched alkanes of at least 4 members (excludes halogenated alkanes) is 1. The van der Waals surface area contributed by atoms with Crippen molar-refractivity contribution in [2.75, 3.05) is 13.7 Å². The van der Waals surface area contributed by atoms with Crippen LogP contribution in [0.4, 0.5) is 4.79 Å². The Labute approximate surface area is 319 Å². The third kappa shape index (κ3) is 13.9. The Morgan fingerprint density at radius 3 is 2.13 bits per heavy atom. The number of rotatable bonds is 22. The molecule has 296 valence electrons. The minimum absolute atomic E-state index is 0.0319. The van der Waals surface area contributed by atoms with Crippen molar-refractivity contribution in [2.24, 2.45) is 11.8 Å². The zero-order chi connectivity index (χ0) is 39.6. The van der Waals surface area contributed by atoms with E-state index in [1.807, 2.05) is 77.1 Å². The van der Waals surface area contributed by atoms with Crippen molar-refractivity contribution in [2.45, 2.75) is 116 Å². The molecule has 0 radical (unpaired) electrons. The molecule has 0 spiro atoms. The number of hydrogen-bond acceptors (Lipinski definition) is 8. The van der Waals surface area contributed by atoms with Crippen LogP contribution >= 0.6 is 0 Å². The number of fused-ring (bicyclic) bond motifs is 1. The summed E-state index contributed by atoms with van der Waals surface area (Å²) in [6.07, 6.45) is 0.691. The molecule has 12 heteroatoms. The van der Waals surface area contributed by atoms with Crippen molar-refractivity contribution in [1.82, 2.24) is 21.3 Å². The van der Waals surface area contributed by atoms with Gasteiger partial charge in [0.05, 0.1) is 38.3 Å². The van der Waals surface area contributed by atoms with E-state index in [-0.39, 0.29) is 37.9 Å². The number of benzene rings is 3. The molecule has 0 heterocycles. The highest BCUT2D eigenvalue weighted by atomic mass is 16.5. The van der Waals surface area contributed by atoms with E-state index in [1.165, 1.54) is 0 Å². The Balaban J connectivity index is 1.80. The van der Waals surface area contributed by atoms with Crippen LogP contribution in [-0.4, -0.2) is 78.0 Å². The fourth-order valence-corrected chi connectivity index (χ4v) is 6.26. The molecule has 6 N–H and O–H groups in total. The SMILES string of the molecule is CCCC[C@H](NC(=O)[C@H](Cc1cccc2ccccc12)NC(=O)OCc1ccc(OC)cc1)C(=O)N[C@@H](CC(C)C)[C@@H](O)CC(=O)N[C@H](CO)[C@@H](C)CC. The van der Waals surface area contributed by atoms with Crippen LogP contribution in [0.3, 0.4) is 0 Å². The van der Waals surface area contributed by atoms with Gasteiger partial charge >= 0.3 is 6.09 Å². The predicted octanol–water partition coefficient (Wildman–Crippen LogP) is 5.17. The fraction of sp³-hybridized carbons (Fsp3) is 0.524. The van der Waals surface area contributed by atoms with Crippen LogP contribution in [0, 0.1) is 11.8 Å². The highest BCUT2D eigenvalue weighted by molar-refractivity contribution is 5.92. The van der Waals surface area contributed by atoms with Gasteiger partial charge in [-0.2, -0.15) is 0 Å². The summed E-state index contributed by atoms with van der Waals surface area (Å²) in [6, 6.07) is 17.3. The number of ether oxygens (including phenoxy) is 2. The van der Waals surface area contributed by atoms with Gasteiger partial charge in [-0.05, 0) is 58.7 Å². The molecule has 3 aromatic carbocycles. The summed E-state index contributed by atoms with van der Waals surface area (Å²) in [4.78, 5) is 54.1. The Morgan fingerprint density at radius 1 is 0.796 bits per heavy atom. The van der Waals surface area contributed by atoms with Crippen molar-refractivity contribution in [3.63, 3.8) is 0 Å². The van der Waals surface area contributed by atoms with E-state index in [0.717, 1.165) is 34.7 Å². The van der Waals surface area contributed by atoms with Crippen LogP contribution in [0.1, 0.15) is 84.3 Å². The number of carbonyl (C=O) groups is 4. The molecule has 0 bridgehead atoms. The van der Waals surface area contributed by atoms with Crippen molar-refractivity contribution >= 4 is 34.6 Å². The number of hydrogen-bond donors (Lipinski definition) is 6. The minimum atomic E-state index is -1.21. The monoisotopic (exact) mass is 748 g/mol. The normalized spacial score (nSPS) is 14.6. The highest BCUT2D eigenvalue weighted by Crippen LogP contribution is 2.21. The van der Waals surface area contributed by atoms with Gasteiger partial charge in [-0.3, -0.25) is 14.4 Å². The largest absolute Gasteiger partial charge is 0.497 e. The van der Waals surface area contributed by atoms with Crippen LogP contribution in [0.2, 0.25) is 0 Å². The molecule has 0 unspecified atom stereocenters. The summed E-state index contributed by atoms with van der Waals surface area (Å²) >= 11 is 0.